The molecule has 3 heterocycles. The smallest absolute Gasteiger partial charge is 0.240 e. The number of nitrogens with one attached hydrogen (secondary N) is 1. The first-order valence-electron chi connectivity index (χ1n) is 7.46. The van der Waals surface area contributed by atoms with Gasteiger partial charge in [-0.2, -0.15) is 4.98 Å². The Morgan fingerprint density at radius 3 is 2.62 bits per heavy atom. The summed E-state index contributed by atoms with van der Waals surface area (Å²) in [5.74, 6) is 7.79. The van der Waals surface area contributed by atoms with Crippen LogP contribution >= 0.6 is 11.3 Å². The lowest BCUT2D eigenvalue weighted by Gasteiger charge is -2.39. The number of fused-ring (bicyclic) bond motifs is 1. The second-order valence-electron chi connectivity index (χ2n) is 6.78. The van der Waals surface area contributed by atoms with Crippen LogP contribution in [0.3, 0.4) is 0 Å². The minimum absolute atomic E-state index is 0.388. The molecule has 0 spiro atoms. The molecule has 6 heteroatoms. The van der Waals surface area contributed by atoms with Crippen molar-refractivity contribution in [2.75, 3.05) is 23.4 Å². The predicted molar refractivity (Wildman–Crippen MR) is 89.6 cm³/mol. The van der Waals surface area contributed by atoms with Crippen molar-refractivity contribution in [3.8, 4) is 0 Å². The highest BCUT2D eigenvalue weighted by Gasteiger charge is 2.30. The van der Waals surface area contributed by atoms with Gasteiger partial charge in [-0.15, -0.1) is 11.3 Å². The van der Waals surface area contributed by atoms with Crippen LogP contribution in [0.25, 0.3) is 10.2 Å². The van der Waals surface area contributed by atoms with E-state index in [1.165, 1.54) is 12.8 Å². The monoisotopic (exact) mass is 305 g/mol. The number of hydrogen-bond donors (Lipinski definition) is 2. The first kappa shape index (κ1) is 14.5. The van der Waals surface area contributed by atoms with Gasteiger partial charge in [0.15, 0.2) is 0 Å². The van der Waals surface area contributed by atoms with Crippen LogP contribution in [0, 0.1) is 11.3 Å². The van der Waals surface area contributed by atoms with E-state index in [2.05, 4.69) is 52.5 Å². The fourth-order valence-electron chi connectivity index (χ4n) is 3.10. The fraction of sp³-hybridized carbons (Fsp3) is 0.600. The van der Waals surface area contributed by atoms with Crippen molar-refractivity contribution in [2.45, 2.75) is 33.6 Å². The maximum absolute atomic E-state index is 5.50. The highest BCUT2D eigenvalue weighted by Crippen LogP contribution is 2.37. The number of hydrogen-bond acceptors (Lipinski definition) is 6. The van der Waals surface area contributed by atoms with E-state index >= 15 is 0 Å². The van der Waals surface area contributed by atoms with Crippen LogP contribution in [-0.2, 0) is 0 Å². The molecule has 0 amide bonds. The third-order valence-electron chi connectivity index (χ3n) is 4.45. The van der Waals surface area contributed by atoms with E-state index in [1.54, 1.807) is 11.3 Å². The van der Waals surface area contributed by atoms with E-state index in [0.29, 0.717) is 11.4 Å². The quantitative estimate of drug-likeness (QED) is 0.658. The minimum Gasteiger partial charge on any atom is -0.356 e. The number of nitrogens with zero attached hydrogens (tertiary/aromatic N) is 3. The Labute approximate surface area is 129 Å². The van der Waals surface area contributed by atoms with E-state index in [9.17, 15) is 0 Å². The lowest BCUT2D eigenvalue weighted by molar-refractivity contribution is 0.199. The normalized spacial score (nSPS) is 17.4. The molecule has 1 aliphatic heterocycles. The summed E-state index contributed by atoms with van der Waals surface area (Å²) in [5.41, 5.74) is 2.97. The summed E-state index contributed by atoms with van der Waals surface area (Å²) in [7, 11) is 0. The van der Waals surface area contributed by atoms with Crippen LogP contribution in [-0.4, -0.2) is 23.1 Å². The number of aromatic nitrogens is 2. The SMILES string of the molecule is CC(C)(C)C1CCN(c2nc(NN)nc3sccc23)CC1. The summed E-state index contributed by atoms with van der Waals surface area (Å²) in [4.78, 5) is 12.4. The van der Waals surface area contributed by atoms with Crippen molar-refractivity contribution in [1.82, 2.24) is 9.97 Å². The molecule has 2 aromatic heterocycles. The van der Waals surface area contributed by atoms with Gasteiger partial charge in [-0.3, -0.25) is 5.43 Å². The van der Waals surface area contributed by atoms with Crippen LogP contribution in [0.15, 0.2) is 11.4 Å². The molecule has 2 aromatic rings. The molecule has 0 aliphatic carbocycles. The van der Waals surface area contributed by atoms with Crippen molar-refractivity contribution in [1.29, 1.82) is 0 Å². The van der Waals surface area contributed by atoms with Crippen LogP contribution in [0.1, 0.15) is 33.6 Å². The molecule has 3 rings (SSSR count). The largest absolute Gasteiger partial charge is 0.356 e. The van der Waals surface area contributed by atoms with Crippen molar-refractivity contribution < 1.29 is 0 Å². The minimum atomic E-state index is 0.388. The predicted octanol–water partition coefficient (Wildman–Crippen LogP) is 3.24. The number of anilines is 2. The topological polar surface area (TPSA) is 67.1 Å². The summed E-state index contributed by atoms with van der Waals surface area (Å²) >= 11 is 1.63. The average molecular weight is 305 g/mol. The number of nitrogen functional groups attached to an aromatic ring is 1. The van der Waals surface area contributed by atoms with Crippen molar-refractivity contribution in [3.63, 3.8) is 0 Å². The van der Waals surface area contributed by atoms with Gasteiger partial charge >= 0.3 is 0 Å². The summed E-state index contributed by atoms with van der Waals surface area (Å²) in [6.45, 7) is 9.12. The molecule has 5 nitrogen and oxygen atoms in total. The number of rotatable bonds is 2. The Hall–Kier alpha value is -1.40. The van der Waals surface area contributed by atoms with E-state index in [0.717, 1.165) is 35.0 Å². The summed E-state index contributed by atoms with van der Waals surface area (Å²) in [6.07, 6.45) is 2.43. The first-order valence-corrected chi connectivity index (χ1v) is 8.34. The summed E-state index contributed by atoms with van der Waals surface area (Å²) in [5, 5.41) is 3.19. The van der Waals surface area contributed by atoms with Gasteiger partial charge in [-0.05, 0) is 35.6 Å². The van der Waals surface area contributed by atoms with Gasteiger partial charge in [-0.25, -0.2) is 10.8 Å². The third-order valence-corrected chi connectivity index (χ3v) is 5.26. The standard InChI is InChI=1S/C15H23N5S/c1-15(2,3)10-4-7-20(8-5-10)12-11-6-9-21-13(11)18-14(17-12)19-16/h6,9-10H,4-5,7-8,16H2,1-3H3,(H,17,18,19). The zero-order valence-corrected chi connectivity index (χ0v) is 13.7. The average Bonchev–Trinajstić information content (AvgIpc) is 2.93. The van der Waals surface area contributed by atoms with Crippen molar-refractivity contribution in [2.24, 2.45) is 17.2 Å². The Balaban J connectivity index is 1.86. The second kappa shape index (κ2) is 5.42. The number of piperidine rings is 1. The zero-order chi connectivity index (χ0) is 15.0. The molecular weight excluding hydrogens is 282 g/mol. The van der Waals surface area contributed by atoms with E-state index in [1.807, 2.05) is 0 Å². The van der Waals surface area contributed by atoms with E-state index in [4.69, 9.17) is 5.84 Å². The van der Waals surface area contributed by atoms with Gasteiger partial charge < -0.3 is 4.90 Å². The molecule has 0 radical (unpaired) electrons. The van der Waals surface area contributed by atoms with Gasteiger partial charge in [0.2, 0.25) is 5.95 Å². The van der Waals surface area contributed by atoms with Gasteiger partial charge in [0.25, 0.3) is 0 Å². The molecular formula is C15H23N5S. The van der Waals surface area contributed by atoms with Crippen LogP contribution in [0.4, 0.5) is 11.8 Å². The summed E-state index contributed by atoms with van der Waals surface area (Å²) in [6, 6.07) is 2.10. The first-order chi connectivity index (χ1) is 9.99. The Morgan fingerprint density at radius 2 is 2.00 bits per heavy atom. The molecule has 0 atom stereocenters. The maximum atomic E-state index is 5.50. The lowest BCUT2D eigenvalue weighted by atomic mass is 9.75. The Kier molecular flexibility index (Phi) is 3.75. The molecule has 0 bridgehead atoms. The molecule has 1 fully saturated rings. The summed E-state index contributed by atoms with van der Waals surface area (Å²) < 4.78 is 0. The highest BCUT2D eigenvalue weighted by atomic mass is 32.1. The van der Waals surface area contributed by atoms with E-state index < -0.39 is 0 Å². The van der Waals surface area contributed by atoms with Gasteiger partial charge in [-0.1, -0.05) is 20.8 Å². The maximum Gasteiger partial charge on any atom is 0.240 e. The van der Waals surface area contributed by atoms with Crippen molar-refractivity contribution >= 4 is 33.3 Å². The Bertz CT molecular complexity index is 623. The number of thiophene rings is 1. The van der Waals surface area contributed by atoms with Crippen LogP contribution < -0.4 is 16.2 Å². The molecule has 21 heavy (non-hydrogen) atoms. The molecule has 1 saturated heterocycles. The fourth-order valence-corrected chi connectivity index (χ4v) is 3.86. The van der Waals surface area contributed by atoms with Gasteiger partial charge in [0, 0.05) is 13.1 Å². The van der Waals surface area contributed by atoms with E-state index in [-0.39, 0.29) is 0 Å². The molecule has 0 aromatic carbocycles. The molecule has 1 aliphatic rings. The van der Waals surface area contributed by atoms with Gasteiger partial charge in [0.05, 0.1) is 5.39 Å². The third kappa shape index (κ3) is 2.82. The second-order valence-corrected chi connectivity index (χ2v) is 7.68. The number of hydrazine groups is 1. The number of nitrogens with two attached hydrogens (primary N) is 1. The zero-order valence-electron chi connectivity index (χ0n) is 12.9. The molecule has 0 saturated carbocycles. The van der Waals surface area contributed by atoms with Gasteiger partial charge in [0.1, 0.15) is 10.6 Å². The van der Waals surface area contributed by atoms with Crippen molar-refractivity contribution in [3.05, 3.63) is 11.4 Å². The van der Waals surface area contributed by atoms with Crippen LogP contribution in [0.5, 0.6) is 0 Å². The van der Waals surface area contributed by atoms with Crippen LogP contribution in [0.2, 0.25) is 0 Å². The molecule has 3 N–H and O–H groups in total. The lowest BCUT2D eigenvalue weighted by Crippen LogP contribution is -2.38. The molecule has 0 unspecified atom stereocenters. The Morgan fingerprint density at radius 1 is 1.29 bits per heavy atom. The highest BCUT2D eigenvalue weighted by molar-refractivity contribution is 7.16. The molecule has 114 valence electrons.